The standard InChI is InChI=1S/C12H17NO4S2/c1-10-3-5-12(6-4-10)19(16,17)13(2)11-7-8-18(14,15)9-11/h3-6,11H,7-9H2,1-2H3/t11-/m0/s1. The van der Waals surface area contributed by atoms with Crippen molar-refractivity contribution in [3.05, 3.63) is 29.8 Å². The van der Waals surface area contributed by atoms with Crippen LogP contribution in [-0.2, 0) is 19.9 Å². The summed E-state index contributed by atoms with van der Waals surface area (Å²) in [6.07, 6.45) is 0.365. The monoisotopic (exact) mass is 303 g/mol. The largest absolute Gasteiger partial charge is 0.243 e. The van der Waals surface area contributed by atoms with Gasteiger partial charge in [0.25, 0.3) is 0 Å². The molecule has 0 amide bonds. The van der Waals surface area contributed by atoms with Crippen LogP contribution in [0.3, 0.4) is 0 Å². The molecule has 5 nitrogen and oxygen atoms in total. The Morgan fingerprint density at radius 3 is 2.26 bits per heavy atom. The Balaban J connectivity index is 2.27. The predicted molar refractivity (Wildman–Crippen MR) is 73.2 cm³/mol. The normalized spacial score (nSPS) is 22.8. The summed E-state index contributed by atoms with van der Waals surface area (Å²) in [7, 11) is -5.27. The van der Waals surface area contributed by atoms with Crippen LogP contribution in [-0.4, -0.2) is 45.7 Å². The highest BCUT2D eigenvalue weighted by Crippen LogP contribution is 2.23. The Morgan fingerprint density at radius 1 is 1.21 bits per heavy atom. The van der Waals surface area contributed by atoms with Gasteiger partial charge in [0.15, 0.2) is 9.84 Å². The molecule has 1 atom stereocenters. The van der Waals surface area contributed by atoms with Gasteiger partial charge in [0.2, 0.25) is 10.0 Å². The second-order valence-corrected chi connectivity index (χ2v) is 9.12. The van der Waals surface area contributed by atoms with E-state index < -0.39 is 25.9 Å². The maximum absolute atomic E-state index is 12.4. The number of hydrogen-bond donors (Lipinski definition) is 0. The van der Waals surface area contributed by atoms with Crippen LogP contribution < -0.4 is 0 Å². The number of hydrogen-bond acceptors (Lipinski definition) is 4. The molecule has 19 heavy (non-hydrogen) atoms. The molecule has 0 radical (unpaired) electrons. The van der Waals surface area contributed by atoms with E-state index >= 15 is 0 Å². The first kappa shape index (κ1) is 14.5. The van der Waals surface area contributed by atoms with Crippen molar-refractivity contribution in [3.8, 4) is 0 Å². The van der Waals surface area contributed by atoms with Gasteiger partial charge >= 0.3 is 0 Å². The number of sulfone groups is 1. The second-order valence-electron chi connectivity index (χ2n) is 4.89. The average Bonchev–Trinajstić information content (AvgIpc) is 2.69. The molecule has 106 valence electrons. The number of benzene rings is 1. The highest BCUT2D eigenvalue weighted by Gasteiger charge is 2.36. The van der Waals surface area contributed by atoms with Gasteiger partial charge in [-0.25, -0.2) is 16.8 Å². The lowest BCUT2D eigenvalue weighted by molar-refractivity contribution is 0.394. The molecule has 1 aliphatic rings. The number of aryl methyl sites for hydroxylation is 1. The molecule has 0 saturated carbocycles. The molecule has 0 aliphatic carbocycles. The highest BCUT2D eigenvalue weighted by molar-refractivity contribution is 7.92. The van der Waals surface area contributed by atoms with Crippen molar-refractivity contribution in [2.24, 2.45) is 0 Å². The first-order chi connectivity index (χ1) is 8.72. The van der Waals surface area contributed by atoms with E-state index in [9.17, 15) is 16.8 Å². The number of rotatable bonds is 3. The maximum Gasteiger partial charge on any atom is 0.243 e. The fraction of sp³-hybridized carbons (Fsp3) is 0.500. The third kappa shape index (κ3) is 2.98. The smallest absolute Gasteiger partial charge is 0.229 e. The van der Waals surface area contributed by atoms with Gasteiger partial charge in [-0.2, -0.15) is 4.31 Å². The highest BCUT2D eigenvalue weighted by atomic mass is 32.2. The molecular weight excluding hydrogens is 286 g/mol. The second kappa shape index (κ2) is 4.88. The molecule has 0 bridgehead atoms. The summed E-state index contributed by atoms with van der Waals surface area (Å²) < 4.78 is 48.8. The molecule has 1 aliphatic heterocycles. The lowest BCUT2D eigenvalue weighted by Crippen LogP contribution is -2.37. The van der Waals surface area contributed by atoms with Gasteiger partial charge in [0.05, 0.1) is 16.4 Å². The summed E-state index contributed by atoms with van der Waals surface area (Å²) in [6, 6.07) is 6.09. The summed E-state index contributed by atoms with van der Waals surface area (Å²) in [5.74, 6) is -0.0278. The van der Waals surface area contributed by atoms with Crippen molar-refractivity contribution < 1.29 is 16.8 Å². The fourth-order valence-corrected chi connectivity index (χ4v) is 5.39. The van der Waals surface area contributed by atoms with Gasteiger partial charge in [0, 0.05) is 13.1 Å². The van der Waals surface area contributed by atoms with E-state index in [1.807, 2.05) is 6.92 Å². The minimum atomic E-state index is -3.62. The third-order valence-corrected chi connectivity index (χ3v) is 7.10. The Morgan fingerprint density at radius 2 is 1.79 bits per heavy atom. The summed E-state index contributed by atoms with van der Waals surface area (Å²) in [5.41, 5.74) is 0.977. The quantitative estimate of drug-likeness (QED) is 0.828. The van der Waals surface area contributed by atoms with Crippen LogP contribution in [0.1, 0.15) is 12.0 Å². The lowest BCUT2D eigenvalue weighted by Gasteiger charge is -2.22. The van der Waals surface area contributed by atoms with Crippen LogP contribution in [0, 0.1) is 6.92 Å². The van der Waals surface area contributed by atoms with Crippen LogP contribution in [0.15, 0.2) is 29.2 Å². The topological polar surface area (TPSA) is 71.5 Å². The van der Waals surface area contributed by atoms with Gasteiger partial charge in [-0.15, -0.1) is 0 Å². The van der Waals surface area contributed by atoms with E-state index in [2.05, 4.69) is 0 Å². The van der Waals surface area contributed by atoms with E-state index in [4.69, 9.17) is 0 Å². The molecular formula is C12H17NO4S2. The zero-order valence-electron chi connectivity index (χ0n) is 10.9. The summed E-state index contributed by atoms with van der Waals surface area (Å²) in [4.78, 5) is 0.199. The van der Waals surface area contributed by atoms with Crippen molar-refractivity contribution in [1.29, 1.82) is 0 Å². The van der Waals surface area contributed by atoms with Gasteiger partial charge < -0.3 is 0 Å². The molecule has 0 unspecified atom stereocenters. The molecule has 0 aromatic heterocycles. The molecule has 1 saturated heterocycles. The zero-order chi connectivity index (χ0) is 14.3. The third-order valence-electron chi connectivity index (χ3n) is 3.42. The molecule has 1 aromatic rings. The molecule has 1 aromatic carbocycles. The first-order valence-electron chi connectivity index (χ1n) is 5.97. The SMILES string of the molecule is Cc1ccc(S(=O)(=O)N(C)[C@H]2CCS(=O)(=O)C2)cc1. The van der Waals surface area contributed by atoms with Crippen molar-refractivity contribution >= 4 is 19.9 Å². The number of nitrogens with zero attached hydrogens (tertiary/aromatic N) is 1. The van der Waals surface area contributed by atoms with E-state index in [1.165, 1.54) is 11.4 Å². The molecule has 7 heteroatoms. The van der Waals surface area contributed by atoms with Gasteiger partial charge in [-0.3, -0.25) is 0 Å². The van der Waals surface area contributed by atoms with Crippen LogP contribution >= 0.6 is 0 Å². The minimum absolute atomic E-state index is 0.0609. The van der Waals surface area contributed by atoms with E-state index in [1.54, 1.807) is 24.3 Å². The summed E-state index contributed by atoms with van der Waals surface area (Å²) in [6.45, 7) is 1.88. The molecule has 0 N–H and O–H groups in total. The Hall–Kier alpha value is -0.920. The van der Waals surface area contributed by atoms with E-state index in [-0.39, 0.29) is 16.4 Å². The fourth-order valence-electron chi connectivity index (χ4n) is 2.13. The van der Waals surface area contributed by atoms with Crippen molar-refractivity contribution in [1.82, 2.24) is 4.31 Å². The Bertz CT molecular complexity index is 662. The van der Waals surface area contributed by atoms with Crippen molar-refractivity contribution in [3.63, 3.8) is 0 Å². The summed E-state index contributed by atoms with van der Waals surface area (Å²) >= 11 is 0. The van der Waals surface area contributed by atoms with Crippen LogP contribution in [0.4, 0.5) is 0 Å². The van der Waals surface area contributed by atoms with Gasteiger partial charge in [-0.1, -0.05) is 17.7 Å². The van der Waals surface area contributed by atoms with Crippen LogP contribution in [0.25, 0.3) is 0 Å². The maximum atomic E-state index is 12.4. The predicted octanol–water partition coefficient (Wildman–Crippen LogP) is 0.803. The van der Waals surface area contributed by atoms with Crippen LogP contribution in [0.5, 0.6) is 0 Å². The zero-order valence-corrected chi connectivity index (χ0v) is 12.5. The first-order valence-corrected chi connectivity index (χ1v) is 9.24. The van der Waals surface area contributed by atoms with E-state index in [0.717, 1.165) is 5.56 Å². The minimum Gasteiger partial charge on any atom is -0.229 e. The van der Waals surface area contributed by atoms with E-state index in [0.29, 0.717) is 6.42 Å². The number of sulfonamides is 1. The molecule has 0 spiro atoms. The lowest BCUT2D eigenvalue weighted by atomic mass is 10.2. The Labute approximate surface area is 114 Å². The Kier molecular flexibility index (Phi) is 3.72. The van der Waals surface area contributed by atoms with Crippen molar-refractivity contribution in [2.45, 2.75) is 24.3 Å². The molecule has 2 rings (SSSR count). The molecule has 1 fully saturated rings. The van der Waals surface area contributed by atoms with Crippen molar-refractivity contribution in [2.75, 3.05) is 18.6 Å². The van der Waals surface area contributed by atoms with Gasteiger partial charge in [0.1, 0.15) is 0 Å². The van der Waals surface area contributed by atoms with Crippen LogP contribution in [0.2, 0.25) is 0 Å². The van der Waals surface area contributed by atoms with Gasteiger partial charge in [-0.05, 0) is 25.5 Å². The summed E-state index contributed by atoms with van der Waals surface area (Å²) in [5, 5.41) is 0. The molecule has 1 heterocycles. The average molecular weight is 303 g/mol.